The van der Waals surface area contributed by atoms with Crippen LogP contribution in [0, 0.1) is 17.3 Å². The molecule has 3 N–H and O–H groups in total. The van der Waals surface area contributed by atoms with Gasteiger partial charge in [0.15, 0.2) is 0 Å². The molecule has 2 heterocycles. The minimum atomic E-state index is -4.46. The highest BCUT2D eigenvalue weighted by atomic mass is 19.4. The van der Waals surface area contributed by atoms with Gasteiger partial charge in [0.05, 0.1) is 11.1 Å². The van der Waals surface area contributed by atoms with Gasteiger partial charge in [0.1, 0.15) is 23.7 Å². The molecule has 0 aliphatic carbocycles. The molecule has 210 valence electrons. The molecular formula is C30H34F3N7. The third-order valence-corrected chi connectivity index (χ3v) is 6.69. The van der Waals surface area contributed by atoms with Gasteiger partial charge in [0, 0.05) is 51.4 Å². The fraction of sp³-hybridized carbons (Fsp3) is 0.367. The number of benzene rings is 2. The lowest BCUT2D eigenvalue weighted by Crippen LogP contribution is -2.44. The molecule has 2 aromatic carbocycles. The quantitative estimate of drug-likeness (QED) is 0.278. The first-order valence-electron chi connectivity index (χ1n) is 13.2. The first-order chi connectivity index (χ1) is 19.0. The van der Waals surface area contributed by atoms with Crippen molar-refractivity contribution in [1.82, 2.24) is 19.8 Å². The molecule has 3 aromatic rings. The number of likely N-dealkylation sites (N-methyl/N-ethyl adjacent to an activating group) is 1. The van der Waals surface area contributed by atoms with Crippen LogP contribution in [0.4, 0.5) is 24.8 Å². The SMILES string of the molecule is CNc1ncnc(NC(C)C)c1C(=N)C#Cc1cccc(-c2ccc(CN3CCN(C)CC3)c(C(F)(F)F)c2)c1. The zero-order valence-electron chi connectivity index (χ0n) is 23.2. The van der Waals surface area contributed by atoms with Crippen molar-refractivity contribution in [3.05, 3.63) is 71.0 Å². The molecule has 0 spiro atoms. The molecule has 0 saturated carbocycles. The van der Waals surface area contributed by atoms with Gasteiger partial charge in [-0.15, -0.1) is 0 Å². The smallest absolute Gasteiger partial charge is 0.372 e. The van der Waals surface area contributed by atoms with Crippen LogP contribution in [-0.4, -0.2) is 71.8 Å². The number of nitrogens with zero attached hydrogens (tertiary/aromatic N) is 4. The van der Waals surface area contributed by atoms with Crippen LogP contribution in [-0.2, 0) is 12.7 Å². The van der Waals surface area contributed by atoms with E-state index in [1.807, 2.05) is 20.9 Å². The van der Waals surface area contributed by atoms with Crippen LogP contribution >= 0.6 is 0 Å². The Morgan fingerprint density at radius 3 is 2.40 bits per heavy atom. The lowest BCUT2D eigenvalue weighted by molar-refractivity contribution is -0.138. The Morgan fingerprint density at radius 2 is 1.73 bits per heavy atom. The molecule has 1 aliphatic rings. The Kier molecular flexibility index (Phi) is 9.07. The molecule has 1 aromatic heterocycles. The second-order valence-corrected chi connectivity index (χ2v) is 10.1. The molecule has 4 rings (SSSR count). The molecule has 1 saturated heterocycles. The summed E-state index contributed by atoms with van der Waals surface area (Å²) in [5.41, 5.74) is 1.80. The van der Waals surface area contributed by atoms with Crippen LogP contribution in [0.1, 0.15) is 36.1 Å². The highest BCUT2D eigenvalue weighted by Crippen LogP contribution is 2.36. The maximum absolute atomic E-state index is 14.1. The van der Waals surface area contributed by atoms with E-state index in [-0.39, 0.29) is 23.9 Å². The van der Waals surface area contributed by atoms with E-state index in [1.54, 1.807) is 43.4 Å². The summed E-state index contributed by atoms with van der Waals surface area (Å²) in [5.74, 6) is 6.81. The van der Waals surface area contributed by atoms with Crippen molar-refractivity contribution in [1.29, 1.82) is 5.41 Å². The van der Waals surface area contributed by atoms with Crippen molar-refractivity contribution in [2.45, 2.75) is 32.6 Å². The monoisotopic (exact) mass is 549 g/mol. The van der Waals surface area contributed by atoms with Gasteiger partial charge in [0.2, 0.25) is 0 Å². The first kappa shape index (κ1) is 29.1. The van der Waals surface area contributed by atoms with Crippen LogP contribution in [0.2, 0.25) is 0 Å². The number of rotatable bonds is 7. The molecule has 0 bridgehead atoms. The summed E-state index contributed by atoms with van der Waals surface area (Å²) in [5, 5.41) is 14.8. The van der Waals surface area contributed by atoms with E-state index in [1.165, 1.54) is 12.4 Å². The number of alkyl halides is 3. The first-order valence-corrected chi connectivity index (χ1v) is 13.2. The largest absolute Gasteiger partial charge is 0.416 e. The van der Waals surface area contributed by atoms with E-state index in [2.05, 4.69) is 42.2 Å². The zero-order valence-corrected chi connectivity index (χ0v) is 23.2. The molecule has 1 aliphatic heterocycles. The fourth-order valence-electron chi connectivity index (χ4n) is 4.57. The van der Waals surface area contributed by atoms with Gasteiger partial charge in [-0.25, -0.2) is 9.97 Å². The van der Waals surface area contributed by atoms with Crippen molar-refractivity contribution < 1.29 is 13.2 Å². The summed E-state index contributed by atoms with van der Waals surface area (Å²) < 4.78 is 42.3. The summed E-state index contributed by atoms with van der Waals surface area (Å²) in [4.78, 5) is 12.7. The van der Waals surface area contributed by atoms with Crippen molar-refractivity contribution in [3.8, 4) is 23.0 Å². The predicted octanol–water partition coefficient (Wildman–Crippen LogP) is 5.19. The Labute approximate surface area is 233 Å². The standard InChI is InChI=1S/C30H34F3N7/c1-20(2)38-29-27(28(35-3)36-19-37-29)26(34)11-8-21-6-5-7-22(16-21)23-9-10-24(25(17-23)30(31,32)33)18-40-14-12-39(4)13-15-40/h5-7,9-10,16-17,19-20,34H,12-15,18H2,1-4H3,(H2,35,36,37,38). The molecule has 7 nitrogen and oxygen atoms in total. The third-order valence-electron chi connectivity index (χ3n) is 6.69. The molecule has 0 unspecified atom stereocenters. The van der Waals surface area contributed by atoms with E-state index in [4.69, 9.17) is 5.41 Å². The van der Waals surface area contributed by atoms with E-state index in [0.717, 1.165) is 26.2 Å². The second-order valence-electron chi connectivity index (χ2n) is 10.1. The number of hydrogen-bond acceptors (Lipinski definition) is 7. The van der Waals surface area contributed by atoms with Crippen LogP contribution < -0.4 is 10.6 Å². The number of piperazine rings is 1. The van der Waals surface area contributed by atoms with E-state index in [0.29, 0.717) is 33.9 Å². The van der Waals surface area contributed by atoms with Crippen molar-refractivity contribution in [2.24, 2.45) is 0 Å². The summed E-state index contributed by atoms with van der Waals surface area (Å²) in [7, 11) is 3.73. The molecule has 40 heavy (non-hydrogen) atoms. The van der Waals surface area contributed by atoms with Gasteiger partial charge in [-0.05, 0) is 61.7 Å². The Bertz CT molecular complexity index is 1410. The number of hydrogen-bond donors (Lipinski definition) is 3. The highest BCUT2D eigenvalue weighted by molar-refractivity contribution is 6.16. The predicted molar refractivity (Wildman–Crippen MR) is 154 cm³/mol. The van der Waals surface area contributed by atoms with Gasteiger partial charge >= 0.3 is 6.18 Å². The maximum Gasteiger partial charge on any atom is 0.416 e. The molecular weight excluding hydrogens is 515 g/mol. The van der Waals surface area contributed by atoms with Crippen molar-refractivity contribution in [2.75, 3.05) is 50.9 Å². The van der Waals surface area contributed by atoms with Crippen molar-refractivity contribution in [3.63, 3.8) is 0 Å². The normalized spacial score (nSPS) is 14.5. The minimum Gasteiger partial charge on any atom is -0.372 e. The van der Waals surface area contributed by atoms with E-state index >= 15 is 0 Å². The molecule has 0 radical (unpaired) electrons. The van der Waals surface area contributed by atoms with Gasteiger partial charge in [-0.2, -0.15) is 13.2 Å². The number of aromatic nitrogens is 2. The number of anilines is 2. The van der Waals surface area contributed by atoms with Crippen LogP contribution in [0.5, 0.6) is 0 Å². The highest BCUT2D eigenvalue weighted by Gasteiger charge is 2.34. The van der Waals surface area contributed by atoms with Crippen LogP contribution in [0.3, 0.4) is 0 Å². The summed E-state index contributed by atoms with van der Waals surface area (Å²) >= 11 is 0. The molecule has 0 amide bonds. The minimum absolute atomic E-state index is 0.0196. The molecule has 10 heteroatoms. The Balaban J connectivity index is 1.61. The maximum atomic E-state index is 14.1. The van der Waals surface area contributed by atoms with Crippen LogP contribution in [0.15, 0.2) is 48.8 Å². The van der Waals surface area contributed by atoms with Gasteiger partial charge < -0.3 is 15.5 Å². The van der Waals surface area contributed by atoms with Crippen LogP contribution in [0.25, 0.3) is 11.1 Å². The zero-order chi connectivity index (χ0) is 28.9. The van der Waals surface area contributed by atoms with Gasteiger partial charge in [0.25, 0.3) is 0 Å². The Morgan fingerprint density at radius 1 is 1.02 bits per heavy atom. The summed E-state index contributed by atoms with van der Waals surface area (Å²) in [6.07, 6.45) is -3.05. The van der Waals surface area contributed by atoms with Crippen molar-refractivity contribution >= 4 is 17.3 Å². The molecule has 1 fully saturated rings. The summed E-state index contributed by atoms with van der Waals surface area (Å²) in [6, 6.07) is 11.7. The lowest BCUT2D eigenvalue weighted by atomic mass is 9.97. The fourth-order valence-corrected chi connectivity index (χ4v) is 4.57. The Hall–Kier alpha value is -3.94. The summed E-state index contributed by atoms with van der Waals surface area (Å²) in [6.45, 7) is 7.36. The third kappa shape index (κ3) is 7.17. The topological polar surface area (TPSA) is 80.2 Å². The lowest BCUT2D eigenvalue weighted by Gasteiger charge is -2.33. The number of nitrogens with one attached hydrogen (secondary N) is 3. The van der Waals surface area contributed by atoms with E-state index in [9.17, 15) is 13.2 Å². The number of halogens is 3. The molecule has 0 atom stereocenters. The van der Waals surface area contributed by atoms with E-state index < -0.39 is 11.7 Å². The average Bonchev–Trinajstić information content (AvgIpc) is 2.92. The van der Waals surface area contributed by atoms with Gasteiger partial charge in [-0.3, -0.25) is 10.3 Å². The van der Waals surface area contributed by atoms with Gasteiger partial charge in [-0.1, -0.05) is 30.2 Å². The average molecular weight is 550 g/mol. The second kappa shape index (κ2) is 12.5.